The third-order valence-electron chi connectivity index (χ3n) is 1.33. The van der Waals surface area contributed by atoms with Gasteiger partial charge in [0.2, 0.25) is 0 Å². The summed E-state index contributed by atoms with van der Waals surface area (Å²) < 4.78 is 0. The van der Waals surface area contributed by atoms with E-state index in [1.165, 1.54) is 25.9 Å². The summed E-state index contributed by atoms with van der Waals surface area (Å²) in [5.41, 5.74) is 0. The van der Waals surface area contributed by atoms with Crippen molar-refractivity contribution in [2.75, 3.05) is 13.1 Å². The van der Waals surface area contributed by atoms with Crippen molar-refractivity contribution in [1.29, 1.82) is 0 Å². The lowest BCUT2D eigenvalue weighted by Crippen LogP contribution is -2.17. The van der Waals surface area contributed by atoms with Gasteiger partial charge in [-0.3, -0.25) is 0 Å². The van der Waals surface area contributed by atoms with Gasteiger partial charge in [-0.25, -0.2) is 0 Å². The molecule has 0 aromatic heterocycles. The Balaban J connectivity index is 0. The van der Waals surface area contributed by atoms with Crippen LogP contribution in [0.15, 0.2) is 0 Å². The third-order valence-corrected chi connectivity index (χ3v) is 1.33. The monoisotopic (exact) mass is 165 g/mol. The number of hydrogen-bond acceptors (Lipinski definition) is 1. The van der Waals surface area contributed by atoms with Crippen molar-refractivity contribution >= 4 is 12.4 Å². The lowest BCUT2D eigenvalue weighted by atomic mass is 10.1. The van der Waals surface area contributed by atoms with Crippen LogP contribution in [-0.4, -0.2) is 13.1 Å². The van der Waals surface area contributed by atoms with Crippen molar-refractivity contribution in [2.45, 2.75) is 33.6 Å². The Labute approximate surface area is 71.0 Å². The molecule has 0 aliphatic heterocycles. The number of rotatable bonds is 5. The van der Waals surface area contributed by atoms with E-state index in [-0.39, 0.29) is 12.4 Å². The minimum Gasteiger partial charge on any atom is -0.317 e. The molecule has 0 bridgehead atoms. The minimum atomic E-state index is 0. The van der Waals surface area contributed by atoms with Crippen LogP contribution in [0.1, 0.15) is 33.6 Å². The molecule has 0 radical (unpaired) electrons. The highest BCUT2D eigenvalue weighted by Gasteiger charge is 1.90. The van der Waals surface area contributed by atoms with Gasteiger partial charge >= 0.3 is 0 Å². The largest absolute Gasteiger partial charge is 0.317 e. The van der Waals surface area contributed by atoms with Crippen LogP contribution >= 0.6 is 12.4 Å². The molecule has 0 unspecified atom stereocenters. The van der Waals surface area contributed by atoms with Crippen LogP contribution in [0.4, 0.5) is 0 Å². The molecular formula is C8H20ClN. The van der Waals surface area contributed by atoms with E-state index in [4.69, 9.17) is 0 Å². The SMILES string of the molecule is CCCNCCC(C)C.Cl. The predicted octanol–water partition coefficient (Wildman–Crippen LogP) is 2.45. The van der Waals surface area contributed by atoms with Gasteiger partial charge < -0.3 is 5.32 Å². The summed E-state index contributed by atoms with van der Waals surface area (Å²) >= 11 is 0. The van der Waals surface area contributed by atoms with E-state index in [1.807, 2.05) is 0 Å². The second kappa shape index (κ2) is 9.25. The molecule has 0 aromatic carbocycles. The average molecular weight is 166 g/mol. The first-order valence-electron chi connectivity index (χ1n) is 3.98. The maximum absolute atomic E-state index is 3.37. The summed E-state index contributed by atoms with van der Waals surface area (Å²) in [5, 5.41) is 3.37. The zero-order valence-corrected chi connectivity index (χ0v) is 8.13. The first-order chi connectivity index (χ1) is 4.27. The quantitative estimate of drug-likeness (QED) is 0.618. The zero-order chi connectivity index (χ0) is 7.11. The Hall–Kier alpha value is 0.250. The fourth-order valence-corrected chi connectivity index (χ4v) is 0.693. The van der Waals surface area contributed by atoms with E-state index in [0.29, 0.717) is 0 Å². The van der Waals surface area contributed by atoms with Gasteiger partial charge in [0.05, 0.1) is 0 Å². The van der Waals surface area contributed by atoms with E-state index >= 15 is 0 Å². The Bertz CT molecular complexity index is 55.2. The van der Waals surface area contributed by atoms with Gasteiger partial charge in [0, 0.05) is 0 Å². The standard InChI is InChI=1S/C8H19N.ClH/c1-4-6-9-7-5-8(2)3;/h8-9H,4-7H2,1-3H3;1H. The normalized spacial score (nSPS) is 9.60. The van der Waals surface area contributed by atoms with E-state index in [2.05, 4.69) is 26.1 Å². The first-order valence-corrected chi connectivity index (χ1v) is 3.98. The lowest BCUT2D eigenvalue weighted by Gasteiger charge is -2.04. The number of halogens is 1. The van der Waals surface area contributed by atoms with E-state index in [0.717, 1.165) is 5.92 Å². The number of nitrogens with one attached hydrogen (secondary N) is 1. The van der Waals surface area contributed by atoms with Crippen LogP contribution in [0.5, 0.6) is 0 Å². The maximum Gasteiger partial charge on any atom is -0.00465 e. The van der Waals surface area contributed by atoms with E-state index in [9.17, 15) is 0 Å². The van der Waals surface area contributed by atoms with Crippen LogP contribution in [0.25, 0.3) is 0 Å². The van der Waals surface area contributed by atoms with Crippen molar-refractivity contribution in [3.63, 3.8) is 0 Å². The van der Waals surface area contributed by atoms with Gasteiger partial charge in [-0.15, -0.1) is 12.4 Å². The average Bonchev–Trinajstić information content (AvgIpc) is 1.80. The molecule has 2 heteroatoms. The van der Waals surface area contributed by atoms with Crippen LogP contribution in [0, 0.1) is 5.92 Å². The fraction of sp³-hybridized carbons (Fsp3) is 1.00. The molecule has 0 amide bonds. The summed E-state index contributed by atoms with van der Waals surface area (Å²) in [6.07, 6.45) is 2.55. The smallest absolute Gasteiger partial charge is 0.00465 e. The Morgan fingerprint density at radius 1 is 1.20 bits per heavy atom. The van der Waals surface area contributed by atoms with Gasteiger partial charge in [-0.1, -0.05) is 20.8 Å². The highest BCUT2D eigenvalue weighted by molar-refractivity contribution is 5.85. The topological polar surface area (TPSA) is 12.0 Å². The molecule has 0 saturated carbocycles. The summed E-state index contributed by atoms with van der Waals surface area (Å²) in [7, 11) is 0. The molecule has 0 fully saturated rings. The van der Waals surface area contributed by atoms with Crippen molar-refractivity contribution in [3.05, 3.63) is 0 Å². The molecule has 10 heavy (non-hydrogen) atoms. The van der Waals surface area contributed by atoms with Gasteiger partial charge in [0.1, 0.15) is 0 Å². The van der Waals surface area contributed by atoms with Gasteiger partial charge in [0.15, 0.2) is 0 Å². The van der Waals surface area contributed by atoms with E-state index < -0.39 is 0 Å². The highest BCUT2D eigenvalue weighted by atomic mass is 35.5. The predicted molar refractivity (Wildman–Crippen MR) is 49.9 cm³/mol. The number of hydrogen-bond donors (Lipinski definition) is 1. The second-order valence-electron chi connectivity index (χ2n) is 2.93. The van der Waals surface area contributed by atoms with Crippen molar-refractivity contribution < 1.29 is 0 Å². The van der Waals surface area contributed by atoms with Gasteiger partial charge in [-0.05, 0) is 31.8 Å². The molecule has 0 heterocycles. The fourth-order valence-electron chi connectivity index (χ4n) is 0.693. The summed E-state index contributed by atoms with van der Waals surface area (Å²) in [6.45, 7) is 9.07. The lowest BCUT2D eigenvalue weighted by molar-refractivity contribution is 0.537. The third kappa shape index (κ3) is 11.1. The molecule has 0 saturated heterocycles. The molecule has 0 rings (SSSR count). The summed E-state index contributed by atoms with van der Waals surface area (Å²) in [6, 6.07) is 0. The second-order valence-corrected chi connectivity index (χ2v) is 2.93. The van der Waals surface area contributed by atoms with Gasteiger partial charge in [-0.2, -0.15) is 0 Å². The van der Waals surface area contributed by atoms with Crippen LogP contribution in [-0.2, 0) is 0 Å². The molecule has 0 atom stereocenters. The van der Waals surface area contributed by atoms with Crippen molar-refractivity contribution in [2.24, 2.45) is 5.92 Å². The van der Waals surface area contributed by atoms with Crippen molar-refractivity contribution in [1.82, 2.24) is 5.32 Å². The molecule has 0 spiro atoms. The molecule has 0 aliphatic rings. The first kappa shape index (κ1) is 12.9. The van der Waals surface area contributed by atoms with Gasteiger partial charge in [0.25, 0.3) is 0 Å². The molecule has 64 valence electrons. The van der Waals surface area contributed by atoms with Crippen LogP contribution in [0.3, 0.4) is 0 Å². The summed E-state index contributed by atoms with van der Waals surface area (Å²) in [4.78, 5) is 0. The summed E-state index contributed by atoms with van der Waals surface area (Å²) in [5.74, 6) is 0.842. The molecule has 1 N–H and O–H groups in total. The zero-order valence-electron chi connectivity index (χ0n) is 7.31. The van der Waals surface area contributed by atoms with Crippen LogP contribution < -0.4 is 5.32 Å². The molecule has 0 aromatic rings. The molecular weight excluding hydrogens is 146 g/mol. The Morgan fingerprint density at radius 2 is 1.80 bits per heavy atom. The minimum absolute atomic E-state index is 0. The Kier molecular flexibility index (Phi) is 11.9. The molecule has 0 aliphatic carbocycles. The molecule has 1 nitrogen and oxygen atoms in total. The van der Waals surface area contributed by atoms with E-state index in [1.54, 1.807) is 0 Å². The maximum atomic E-state index is 3.37. The van der Waals surface area contributed by atoms with Crippen LogP contribution in [0.2, 0.25) is 0 Å². The Morgan fingerprint density at radius 3 is 2.20 bits per heavy atom. The van der Waals surface area contributed by atoms with Crippen molar-refractivity contribution in [3.8, 4) is 0 Å². The highest BCUT2D eigenvalue weighted by Crippen LogP contribution is 1.95.